The van der Waals surface area contributed by atoms with Gasteiger partial charge in [0.15, 0.2) is 0 Å². The topological polar surface area (TPSA) is 3.24 Å². The van der Waals surface area contributed by atoms with Gasteiger partial charge in [0.05, 0.1) is 5.69 Å². The Kier molecular flexibility index (Phi) is 4.53. The molecule has 7 aromatic carbocycles. The number of para-hydroxylation sites is 1. The lowest BCUT2D eigenvalue weighted by Gasteiger charge is -2.27. The van der Waals surface area contributed by atoms with Crippen molar-refractivity contribution in [2.75, 3.05) is 4.90 Å². The molecule has 164 valence electrons. The molecule has 0 unspecified atom stereocenters. The fraction of sp³-hybridized carbons (Fsp3) is 0. The van der Waals surface area contributed by atoms with Crippen molar-refractivity contribution in [1.29, 1.82) is 0 Å². The van der Waals surface area contributed by atoms with Gasteiger partial charge in [-0.2, -0.15) is 0 Å². The highest BCUT2D eigenvalue weighted by Gasteiger charge is 2.17. The standard InChI is InChI=1S/C34H23N/c1-2-13-28(14-3-1)35(29-20-17-24-9-4-5-11-27(24)23-29)33-16-8-12-26-19-21-31-30-15-7-6-10-25(30)18-22-32(31)34(26)33/h1-23H. The monoisotopic (exact) mass is 445 g/mol. The smallest absolute Gasteiger partial charge is 0.0546 e. The van der Waals surface area contributed by atoms with Gasteiger partial charge in [-0.25, -0.2) is 0 Å². The summed E-state index contributed by atoms with van der Waals surface area (Å²) >= 11 is 0. The minimum atomic E-state index is 1.15. The Hall–Kier alpha value is -4.62. The predicted molar refractivity (Wildman–Crippen MR) is 151 cm³/mol. The first kappa shape index (κ1) is 19.8. The van der Waals surface area contributed by atoms with Crippen LogP contribution in [0.3, 0.4) is 0 Å². The maximum Gasteiger partial charge on any atom is 0.0546 e. The largest absolute Gasteiger partial charge is 0.310 e. The molecule has 0 aliphatic heterocycles. The lowest BCUT2D eigenvalue weighted by atomic mass is 9.95. The number of benzene rings is 7. The average molecular weight is 446 g/mol. The van der Waals surface area contributed by atoms with Crippen molar-refractivity contribution in [1.82, 2.24) is 0 Å². The molecule has 0 aliphatic carbocycles. The van der Waals surface area contributed by atoms with Gasteiger partial charge >= 0.3 is 0 Å². The lowest BCUT2D eigenvalue weighted by Crippen LogP contribution is -2.10. The number of fused-ring (bicyclic) bond motifs is 6. The number of hydrogen-bond donors (Lipinski definition) is 0. The third-order valence-corrected chi connectivity index (χ3v) is 6.99. The number of nitrogens with zero attached hydrogens (tertiary/aromatic N) is 1. The average Bonchev–Trinajstić information content (AvgIpc) is 2.93. The molecule has 0 saturated carbocycles. The summed E-state index contributed by atoms with van der Waals surface area (Å²) in [5.41, 5.74) is 3.48. The highest BCUT2D eigenvalue weighted by atomic mass is 15.1. The first-order valence-electron chi connectivity index (χ1n) is 12.0. The number of hydrogen-bond acceptors (Lipinski definition) is 1. The van der Waals surface area contributed by atoms with Gasteiger partial charge in [0.25, 0.3) is 0 Å². The molecule has 0 spiro atoms. The van der Waals surface area contributed by atoms with Crippen LogP contribution in [0, 0.1) is 0 Å². The lowest BCUT2D eigenvalue weighted by molar-refractivity contribution is 1.31. The number of anilines is 3. The molecule has 0 amide bonds. The van der Waals surface area contributed by atoms with Crippen LogP contribution in [-0.4, -0.2) is 0 Å². The van der Waals surface area contributed by atoms with Crippen molar-refractivity contribution in [3.63, 3.8) is 0 Å². The Labute approximate surface area is 204 Å². The molecule has 7 rings (SSSR count). The Bertz CT molecular complexity index is 1850. The van der Waals surface area contributed by atoms with E-state index in [0.29, 0.717) is 0 Å². The highest BCUT2D eigenvalue weighted by molar-refractivity contribution is 6.21. The summed E-state index contributed by atoms with van der Waals surface area (Å²) in [6.07, 6.45) is 0. The van der Waals surface area contributed by atoms with Crippen LogP contribution in [0.1, 0.15) is 0 Å². The van der Waals surface area contributed by atoms with Gasteiger partial charge in [0.2, 0.25) is 0 Å². The van der Waals surface area contributed by atoms with Gasteiger partial charge in [-0.3, -0.25) is 0 Å². The predicted octanol–water partition coefficient (Wildman–Crippen LogP) is 9.77. The van der Waals surface area contributed by atoms with E-state index in [0.717, 1.165) is 11.4 Å². The molecular weight excluding hydrogens is 422 g/mol. The third-order valence-electron chi connectivity index (χ3n) is 6.99. The molecule has 0 aliphatic rings. The van der Waals surface area contributed by atoms with Crippen molar-refractivity contribution >= 4 is 60.2 Å². The van der Waals surface area contributed by atoms with E-state index >= 15 is 0 Å². The van der Waals surface area contributed by atoms with E-state index in [1.54, 1.807) is 0 Å². The van der Waals surface area contributed by atoms with E-state index in [1.165, 1.54) is 48.8 Å². The zero-order valence-corrected chi connectivity index (χ0v) is 19.2. The van der Waals surface area contributed by atoms with Crippen LogP contribution in [0.15, 0.2) is 140 Å². The van der Waals surface area contributed by atoms with Crippen LogP contribution in [-0.2, 0) is 0 Å². The Morgan fingerprint density at radius 3 is 1.89 bits per heavy atom. The van der Waals surface area contributed by atoms with Gasteiger partial charge in [-0.15, -0.1) is 0 Å². The second kappa shape index (κ2) is 8.00. The zero-order valence-electron chi connectivity index (χ0n) is 19.2. The zero-order chi connectivity index (χ0) is 23.2. The van der Waals surface area contributed by atoms with Crippen LogP contribution >= 0.6 is 0 Å². The van der Waals surface area contributed by atoms with Gasteiger partial charge < -0.3 is 4.90 Å². The van der Waals surface area contributed by atoms with E-state index in [2.05, 4.69) is 144 Å². The van der Waals surface area contributed by atoms with Crippen LogP contribution in [0.2, 0.25) is 0 Å². The van der Waals surface area contributed by atoms with E-state index in [-0.39, 0.29) is 0 Å². The molecule has 0 radical (unpaired) electrons. The summed E-state index contributed by atoms with van der Waals surface area (Å²) in [4.78, 5) is 2.39. The van der Waals surface area contributed by atoms with E-state index in [9.17, 15) is 0 Å². The summed E-state index contributed by atoms with van der Waals surface area (Å²) in [6.45, 7) is 0. The second-order valence-corrected chi connectivity index (χ2v) is 9.03. The fourth-order valence-corrected chi connectivity index (χ4v) is 5.36. The number of rotatable bonds is 3. The molecular formula is C34H23N. The van der Waals surface area contributed by atoms with Crippen molar-refractivity contribution in [3.05, 3.63) is 140 Å². The fourth-order valence-electron chi connectivity index (χ4n) is 5.36. The van der Waals surface area contributed by atoms with Crippen LogP contribution in [0.25, 0.3) is 43.1 Å². The van der Waals surface area contributed by atoms with E-state index < -0.39 is 0 Å². The Morgan fingerprint density at radius 2 is 1.00 bits per heavy atom. The van der Waals surface area contributed by atoms with Gasteiger partial charge in [0, 0.05) is 16.8 Å². The molecule has 0 bridgehead atoms. The van der Waals surface area contributed by atoms with Crippen LogP contribution in [0.4, 0.5) is 17.1 Å². The van der Waals surface area contributed by atoms with Gasteiger partial charge in [-0.05, 0) is 68.0 Å². The minimum Gasteiger partial charge on any atom is -0.310 e. The van der Waals surface area contributed by atoms with Crippen molar-refractivity contribution in [2.24, 2.45) is 0 Å². The Morgan fingerprint density at radius 1 is 0.343 bits per heavy atom. The summed E-state index contributed by atoms with van der Waals surface area (Å²) < 4.78 is 0. The molecule has 0 aromatic heterocycles. The molecule has 0 heterocycles. The van der Waals surface area contributed by atoms with E-state index in [4.69, 9.17) is 0 Å². The maximum atomic E-state index is 2.39. The van der Waals surface area contributed by atoms with Gasteiger partial charge in [0.1, 0.15) is 0 Å². The summed E-state index contributed by atoms with van der Waals surface area (Å²) in [5, 5.41) is 10.1. The first-order chi connectivity index (χ1) is 17.4. The molecule has 0 atom stereocenters. The maximum absolute atomic E-state index is 2.39. The van der Waals surface area contributed by atoms with Crippen LogP contribution < -0.4 is 4.90 Å². The third kappa shape index (κ3) is 3.25. The van der Waals surface area contributed by atoms with Crippen LogP contribution in [0.5, 0.6) is 0 Å². The molecule has 1 nitrogen and oxygen atoms in total. The quantitative estimate of drug-likeness (QED) is 0.245. The highest BCUT2D eigenvalue weighted by Crippen LogP contribution is 2.43. The molecule has 1 heteroatoms. The summed E-state index contributed by atoms with van der Waals surface area (Å²) in [5.74, 6) is 0. The first-order valence-corrected chi connectivity index (χ1v) is 12.0. The molecule has 7 aromatic rings. The molecule has 0 fully saturated rings. The van der Waals surface area contributed by atoms with E-state index in [1.807, 2.05) is 0 Å². The van der Waals surface area contributed by atoms with Crippen molar-refractivity contribution in [3.8, 4) is 0 Å². The van der Waals surface area contributed by atoms with Crippen molar-refractivity contribution < 1.29 is 0 Å². The summed E-state index contributed by atoms with van der Waals surface area (Å²) in [7, 11) is 0. The van der Waals surface area contributed by atoms with Gasteiger partial charge in [-0.1, -0.05) is 109 Å². The SMILES string of the molecule is c1ccc(N(c2ccc3ccccc3c2)c2cccc3ccc4c5ccccc5ccc4c23)cc1. The molecule has 0 N–H and O–H groups in total. The Balaban J connectivity index is 1.57. The minimum absolute atomic E-state index is 1.15. The normalized spacial score (nSPS) is 11.4. The summed E-state index contributed by atoms with van der Waals surface area (Å²) in [6, 6.07) is 50.3. The molecule has 35 heavy (non-hydrogen) atoms. The molecule has 0 saturated heterocycles. The second-order valence-electron chi connectivity index (χ2n) is 9.03. The van der Waals surface area contributed by atoms with Crippen molar-refractivity contribution in [2.45, 2.75) is 0 Å².